The first-order chi connectivity index (χ1) is 16.8. The molecule has 4 rings (SSSR count). The highest BCUT2D eigenvalue weighted by Crippen LogP contribution is 2.27. The van der Waals surface area contributed by atoms with Crippen molar-refractivity contribution >= 4 is 28.6 Å². The van der Waals surface area contributed by atoms with Gasteiger partial charge >= 0.3 is 0 Å². The third kappa shape index (κ3) is 5.77. The molecule has 1 fully saturated rings. The Morgan fingerprint density at radius 1 is 1.11 bits per heavy atom. The zero-order valence-corrected chi connectivity index (χ0v) is 21.7. The minimum Gasteiger partial charge on any atom is -0.379 e. The molecular weight excluding hydrogens is 460 g/mol. The van der Waals surface area contributed by atoms with E-state index in [1.54, 1.807) is 10.6 Å². The van der Waals surface area contributed by atoms with Crippen LogP contribution in [0.2, 0.25) is 0 Å². The highest BCUT2D eigenvalue weighted by Gasteiger charge is 2.28. The van der Waals surface area contributed by atoms with Crippen molar-refractivity contribution in [3.63, 3.8) is 0 Å². The quantitative estimate of drug-likeness (QED) is 0.379. The van der Waals surface area contributed by atoms with Crippen molar-refractivity contribution in [3.05, 3.63) is 64.4 Å². The fourth-order valence-electron chi connectivity index (χ4n) is 4.38. The number of hydrogen-bond donors (Lipinski definition) is 1. The Morgan fingerprint density at radius 3 is 2.54 bits per heavy atom. The van der Waals surface area contributed by atoms with E-state index < -0.39 is 0 Å². The van der Waals surface area contributed by atoms with Crippen LogP contribution in [0.5, 0.6) is 0 Å². The second-order valence-corrected chi connectivity index (χ2v) is 10.7. The van der Waals surface area contributed by atoms with E-state index in [1.165, 1.54) is 11.8 Å². The SMILES string of the molecule is CC(C)c1ccccc1-n1c(SCC(=O)NCC(C)(C)N2CCOCC2)nc2ccccc2c1=O. The number of amides is 1. The van der Waals surface area contributed by atoms with Crippen molar-refractivity contribution in [1.82, 2.24) is 19.8 Å². The predicted octanol–water partition coefficient (Wildman–Crippen LogP) is 3.83. The van der Waals surface area contributed by atoms with Crippen LogP contribution in [0.25, 0.3) is 16.6 Å². The number of aromatic nitrogens is 2. The number of carbonyl (C=O) groups is 1. The lowest BCUT2D eigenvalue weighted by atomic mass is 10.0. The largest absolute Gasteiger partial charge is 0.379 e. The Balaban J connectivity index is 1.58. The molecule has 3 aromatic rings. The van der Waals surface area contributed by atoms with Gasteiger partial charge in [-0.3, -0.25) is 19.1 Å². The molecule has 35 heavy (non-hydrogen) atoms. The normalized spacial score (nSPS) is 15.0. The van der Waals surface area contributed by atoms with E-state index in [4.69, 9.17) is 9.72 Å². The van der Waals surface area contributed by atoms with Gasteiger partial charge in [0, 0.05) is 25.2 Å². The van der Waals surface area contributed by atoms with Gasteiger partial charge in [-0.25, -0.2) is 4.98 Å². The van der Waals surface area contributed by atoms with Gasteiger partial charge in [-0.05, 0) is 43.5 Å². The zero-order valence-electron chi connectivity index (χ0n) is 20.9. The number of nitrogens with one attached hydrogen (secondary N) is 1. The number of rotatable bonds is 8. The molecule has 1 aromatic heterocycles. The Morgan fingerprint density at radius 2 is 1.80 bits per heavy atom. The minimum atomic E-state index is -0.163. The summed E-state index contributed by atoms with van der Waals surface area (Å²) in [6.07, 6.45) is 0. The van der Waals surface area contributed by atoms with Crippen molar-refractivity contribution in [2.75, 3.05) is 38.6 Å². The van der Waals surface area contributed by atoms with Crippen molar-refractivity contribution in [1.29, 1.82) is 0 Å². The molecule has 0 bridgehead atoms. The van der Waals surface area contributed by atoms with Gasteiger partial charge in [0.05, 0.1) is 35.6 Å². The summed E-state index contributed by atoms with van der Waals surface area (Å²) >= 11 is 1.29. The average molecular weight is 495 g/mol. The number of benzene rings is 2. The molecule has 0 spiro atoms. The zero-order chi connectivity index (χ0) is 25.0. The highest BCUT2D eigenvalue weighted by atomic mass is 32.2. The number of morpholine rings is 1. The topological polar surface area (TPSA) is 76.5 Å². The van der Waals surface area contributed by atoms with Crippen LogP contribution in [0.1, 0.15) is 39.2 Å². The third-order valence-corrected chi connectivity index (χ3v) is 7.40. The van der Waals surface area contributed by atoms with Crippen LogP contribution in [-0.4, -0.2) is 64.5 Å². The van der Waals surface area contributed by atoms with Gasteiger partial charge in [0.15, 0.2) is 5.16 Å². The number of hydrogen-bond acceptors (Lipinski definition) is 6. The molecule has 1 aliphatic heterocycles. The summed E-state index contributed by atoms with van der Waals surface area (Å²) < 4.78 is 7.11. The molecule has 1 aliphatic rings. The first-order valence-corrected chi connectivity index (χ1v) is 13.1. The molecule has 186 valence electrons. The molecule has 1 saturated heterocycles. The Hall–Kier alpha value is -2.68. The van der Waals surface area contributed by atoms with Crippen molar-refractivity contribution in [3.8, 4) is 5.69 Å². The third-order valence-electron chi connectivity index (χ3n) is 6.46. The van der Waals surface area contributed by atoms with Crippen LogP contribution in [-0.2, 0) is 9.53 Å². The van der Waals surface area contributed by atoms with Crippen LogP contribution in [0.15, 0.2) is 58.5 Å². The van der Waals surface area contributed by atoms with Crippen LogP contribution in [0, 0.1) is 0 Å². The summed E-state index contributed by atoms with van der Waals surface area (Å²) in [5.41, 5.74) is 2.21. The Kier molecular flexibility index (Phi) is 7.94. The molecule has 0 atom stereocenters. The fourth-order valence-corrected chi connectivity index (χ4v) is 5.21. The molecule has 7 nitrogen and oxygen atoms in total. The molecule has 2 aromatic carbocycles. The van der Waals surface area contributed by atoms with Gasteiger partial charge in [-0.1, -0.05) is 55.9 Å². The van der Waals surface area contributed by atoms with Crippen LogP contribution < -0.4 is 10.9 Å². The summed E-state index contributed by atoms with van der Waals surface area (Å²) in [5.74, 6) is 0.323. The van der Waals surface area contributed by atoms with Gasteiger partial charge < -0.3 is 10.1 Å². The second-order valence-electron chi connectivity index (χ2n) is 9.74. The number of carbonyl (C=O) groups excluding carboxylic acids is 1. The van der Waals surface area contributed by atoms with Crippen LogP contribution in [0.3, 0.4) is 0 Å². The number of ether oxygens (including phenoxy) is 1. The molecule has 8 heteroatoms. The summed E-state index contributed by atoms with van der Waals surface area (Å²) in [6, 6.07) is 15.3. The summed E-state index contributed by atoms with van der Waals surface area (Å²) in [5, 5.41) is 4.15. The van der Waals surface area contributed by atoms with Gasteiger partial charge in [-0.15, -0.1) is 0 Å². The maximum atomic E-state index is 13.6. The van der Waals surface area contributed by atoms with Crippen LogP contribution >= 0.6 is 11.8 Å². The molecule has 1 N–H and O–H groups in total. The number of para-hydroxylation sites is 2. The van der Waals surface area contributed by atoms with Gasteiger partial charge in [0.2, 0.25) is 5.91 Å². The van der Waals surface area contributed by atoms with Crippen molar-refractivity contribution < 1.29 is 9.53 Å². The molecular formula is C27H34N4O3S. The van der Waals surface area contributed by atoms with Gasteiger partial charge in [0.25, 0.3) is 5.56 Å². The highest BCUT2D eigenvalue weighted by molar-refractivity contribution is 7.99. The molecule has 0 unspecified atom stereocenters. The standard InChI is InChI=1S/C27H34N4O3S/c1-19(2)20-9-6-8-12-23(20)31-25(33)21-10-5-7-11-22(21)29-26(31)35-17-24(32)28-18-27(3,4)30-13-15-34-16-14-30/h5-12,19H,13-18H2,1-4H3,(H,28,32). The molecule has 0 radical (unpaired) electrons. The summed E-state index contributed by atoms with van der Waals surface area (Å²) in [7, 11) is 0. The maximum absolute atomic E-state index is 13.6. The second kappa shape index (κ2) is 10.9. The maximum Gasteiger partial charge on any atom is 0.266 e. The predicted molar refractivity (Wildman–Crippen MR) is 142 cm³/mol. The summed E-state index contributed by atoms with van der Waals surface area (Å²) in [4.78, 5) is 33.6. The average Bonchev–Trinajstić information content (AvgIpc) is 2.87. The number of thioether (sulfide) groups is 1. The smallest absolute Gasteiger partial charge is 0.266 e. The molecule has 0 saturated carbocycles. The van der Waals surface area contributed by atoms with Crippen molar-refractivity contribution in [2.24, 2.45) is 0 Å². The molecule has 0 aliphatic carbocycles. The van der Waals surface area contributed by atoms with Gasteiger partial charge in [-0.2, -0.15) is 0 Å². The van der Waals surface area contributed by atoms with E-state index in [0.717, 1.165) is 37.6 Å². The lowest BCUT2D eigenvalue weighted by molar-refractivity contribution is -0.119. The number of fused-ring (bicyclic) bond motifs is 1. The van der Waals surface area contributed by atoms with Crippen molar-refractivity contribution in [2.45, 2.75) is 44.3 Å². The first kappa shape index (κ1) is 25.4. The van der Waals surface area contributed by atoms with Gasteiger partial charge in [0.1, 0.15) is 0 Å². The Labute approximate surface area is 210 Å². The van der Waals surface area contributed by atoms with Crippen LogP contribution in [0.4, 0.5) is 0 Å². The number of nitrogens with zero attached hydrogens (tertiary/aromatic N) is 3. The van der Waals surface area contributed by atoms with E-state index in [-0.39, 0.29) is 28.7 Å². The lowest BCUT2D eigenvalue weighted by Gasteiger charge is -2.40. The van der Waals surface area contributed by atoms with E-state index in [2.05, 4.69) is 37.9 Å². The minimum absolute atomic E-state index is 0.0811. The molecule has 1 amide bonds. The fraction of sp³-hybridized carbons (Fsp3) is 0.444. The first-order valence-electron chi connectivity index (χ1n) is 12.1. The van der Waals surface area contributed by atoms with E-state index in [1.807, 2.05) is 42.5 Å². The van der Waals surface area contributed by atoms with E-state index >= 15 is 0 Å². The summed E-state index contributed by atoms with van der Waals surface area (Å²) in [6.45, 7) is 12.2. The van der Waals surface area contributed by atoms with E-state index in [9.17, 15) is 9.59 Å². The Bertz CT molecular complexity index is 1250. The lowest BCUT2D eigenvalue weighted by Crippen LogP contribution is -2.55. The van der Waals surface area contributed by atoms with E-state index in [0.29, 0.717) is 22.6 Å². The monoisotopic (exact) mass is 494 g/mol. The molecule has 2 heterocycles.